The normalized spacial score (nSPS) is 10.7. The molecule has 0 heterocycles. The second-order valence-electron chi connectivity index (χ2n) is 12.0. The fourth-order valence-corrected chi connectivity index (χ4v) is 4.91. The van der Waals surface area contributed by atoms with Gasteiger partial charge in [-0.15, -0.1) is 12.4 Å². The van der Waals surface area contributed by atoms with Gasteiger partial charge in [0.2, 0.25) is 0 Å². The summed E-state index contributed by atoms with van der Waals surface area (Å²) in [5.41, 5.74) is 1.21. The highest BCUT2D eigenvalue weighted by atomic mass is 35.5. The van der Waals surface area contributed by atoms with Crippen molar-refractivity contribution in [2.45, 2.75) is 26.3 Å². The molecule has 0 radical (unpaired) electrons. The zero-order chi connectivity index (χ0) is 35.7. The summed E-state index contributed by atoms with van der Waals surface area (Å²) in [6.45, 7) is 5.95. The number of β-amino-alcohol motifs (C(OH)–C–C–N with tert-alkyl or cyclic N) is 1. The second kappa shape index (κ2) is 17.1. The van der Waals surface area contributed by atoms with Crippen molar-refractivity contribution in [1.29, 1.82) is 0 Å². The van der Waals surface area contributed by atoms with Gasteiger partial charge in [-0.2, -0.15) is 0 Å². The summed E-state index contributed by atoms with van der Waals surface area (Å²) in [5.74, 6) is -1.80. The minimum Gasteiger partial charge on any atom is -0.423 e. The number of carbonyl (C=O) groups excluding carboxylic acids is 4. The molecule has 5 aromatic rings. The number of aliphatic hydroxyl groups excluding tert-OH is 1. The third-order valence-electron chi connectivity index (χ3n) is 7.35. The molecule has 51 heavy (non-hydrogen) atoms. The summed E-state index contributed by atoms with van der Waals surface area (Å²) in [6, 6.07) is 33.5. The number of ether oxygens (including phenoxy) is 4. The molecule has 0 fully saturated rings. The van der Waals surface area contributed by atoms with Gasteiger partial charge in [0, 0.05) is 36.0 Å². The number of aliphatic hydroxyl groups is 1. The van der Waals surface area contributed by atoms with Crippen LogP contribution in [-0.2, 0) is 0 Å². The fourth-order valence-electron chi connectivity index (χ4n) is 4.91. The Bertz CT molecular complexity index is 1830. The first-order chi connectivity index (χ1) is 24.0. The first kappa shape index (κ1) is 37.8. The lowest BCUT2D eigenvalue weighted by molar-refractivity contribution is 0.0723. The molecule has 0 atom stereocenters. The summed E-state index contributed by atoms with van der Waals surface area (Å²) in [6.07, 6.45) is 0. The molecule has 0 aliphatic heterocycles. The van der Waals surface area contributed by atoms with Crippen LogP contribution in [0.1, 0.15) is 62.2 Å². The molecule has 0 aromatic heterocycles. The van der Waals surface area contributed by atoms with Crippen LogP contribution < -0.4 is 23.8 Å². The molecule has 0 saturated heterocycles. The van der Waals surface area contributed by atoms with E-state index in [1.165, 1.54) is 54.6 Å². The molecule has 0 saturated carbocycles. The van der Waals surface area contributed by atoms with Crippen molar-refractivity contribution in [3.8, 4) is 23.0 Å². The van der Waals surface area contributed by atoms with Crippen molar-refractivity contribution in [3.05, 3.63) is 150 Å². The van der Waals surface area contributed by atoms with Crippen molar-refractivity contribution in [1.82, 2.24) is 0 Å². The van der Waals surface area contributed by atoms with Gasteiger partial charge in [-0.25, -0.2) is 19.2 Å². The Labute approximate surface area is 301 Å². The van der Waals surface area contributed by atoms with Gasteiger partial charge in [-0.3, -0.25) is 0 Å². The van der Waals surface area contributed by atoms with E-state index in [-0.39, 0.29) is 59.7 Å². The molecular formula is C40H36ClNO9. The standard InChI is InChI=1S/C40H35NO9.ClH/c1-40(2,3)41(22-23-42)31-24-34(49-38(45)29-14-18-32(19-15-29)47-36(43)27-10-6-4-7-11-27)26-35(25-31)50-39(46)30-16-20-33(21-17-30)48-37(44)28-12-8-5-9-13-28;/h4-21,24-26,42H,22-23H2,1-3H3;1H. The molecule has 262 valence electrons. The van der Waals surface area contributed by atoms with E-state index in [1.54, 1.807) is 72.8 Å². The maximum Gasteiger partial charge on any atom is 0.343 e. The van der Waals surface area contributed by atoms with Crippen molar-refractivity contribution < 1.29 is 43.2 Å². The van der Waals surface area contributed by atoms with E-state index in [0.717, 1.165) is 0 Å². The van der Waals surface area contributed by atoms with Crippen LogP contribution in [0.4, 0.5) is 5.69 Å². The molecule has 0 aliphatic rings. The smallest absolute Gasteiger partial charge is 0.343 e. The van der Waals surface area contributed by atoms with E-state index in [4.69, 9.17) is 18.9 Å². The minimum absolute atomic E-state index is 0. The van der Waals surface area contributed by atoms with Crippen molar-refractivity contribution >= 4 is 42.0 Å². The number of esters is 4. The van der Waals surface area contributed by atoms with E-state index < -0.39 is 29.4 Å². The van der Waals surface area contributed by atoms with E-state index in [9.17, 15) is 24.3 Å². The molecule has 0 aliphatic carbocycles. The number of carbonyl (C=O) groups is 4. The number of benzene rings is 5. The summed E-state index contributed by atoms with van der Waals surface area (Å²) in [7, 11) is 0. The van der Waals surface area contributed by atoms with Crippen LogP contribution in [-0.4, -0.2) is 47.7 Å². The van der Waals surface area contributed by atoms with Crippen LogP contribution in [0, 0.1) is 0 Å². The Morgan fingerprint density at radius 3 is 1.18 bits per heavy atom. The zero-order valence-electron chi connectivity index (χ0n) is 28.1. The molecule has 11 heteroatoms. The number of halogens is 1. The van der Waals surface area contributed by atoms with Crippen LogP contribution in [0.5, 0.6) is 23.0 Å². The van der Waals surface area contributed by atoms with Gasteiger partial charge in [0.15, 0.2) is 0 Å². The number of hydrogen-bond acceptors (Lipinski definition) is 10. The lowest BCUT2D eigenvalue weighted by Crippen LogP contribution is -2.43. The van der Waals surface area contributed by atoms with E-state index in [1.807, 2.05) is 25.7 Å². The third kappa shape index (κ3) is 10.3. The van der Waals surface area contributed by atoms with Gasteiger partial charge in [0.1, 0.15) is 23.0 Å². The predicted molar refractivity (Wildman–Crippen MR) is 193 cm³/mol. The summed E-state index contributed by atoms with van der Waals surface area (Å²) >= 11 is 0. The molecule has 0 unspecified atom stereocenters. The van der Waals surface area contributed by atoms with Gasteiger partial charge in [0.05, 0.1) is 28.9 Å². The lowest BCUT2D eigenvalue weighted by atomic mass is 10.0. The highest BCUT2D eigenvalue weighted by Gasteiger charge is 2.24. The van der Waals surface area contributed by atoms with Crippen molar-refractivity contribution in [2.75, 3.05) is 18.1 Å². The van der Waals surface area contributed by atoms with E-state index in [2.05, 4.69) is 0 Å². The maximum atomic E-state index is 13.2. The van der Waals surface area contributed by atoms with Gasteiger partial charge in [-0.1, -0.05) is 36.4 Å². The highest BCUT2D eigenvalue weighted by molar-refractivity contribution is 5.94. The van der Waals surface area contributed by atoms with Gasteiger partial charge in [0.25, 0.3) is 0 Å². The van der Waals surface area contributed by atoms with Gasteiger partial charge < -0.3 is 29.0 Å². The average Bonchev–Trinajstić information content (AvgIpc) is 3.11. The lowest BCUT2D eigenvalue weighted by Gasteiger charge is -2.37. The zero-order valence-corrected chi connectivity index (χ0v) is 28.9. The largest absolute Gasteiger partial charge is 0.423 e. The molecule has 0 spiro atoms. The van der Waals surface area contributed by atoms with Gasteiger partial charge >= 0.3 is 23.9 Å². The van der Waals surface area contributed by atoms with Crippen molar-refractivity contribution in [2.24, 2.45) is 0 Å². The Morgan fingerprint density at radius 2 is 0.843 bits per heavy atom. The van der Waals surface area contributed by atoms with Gasteiger partial charge in [-0.05, 0) is 93.6 Å². The number of anilines is 1. The Morgan fingerprint density at radius 1 is 0.510 bits per heavy atom. The molecule has 5 aromatic carbocycles. The number of nitrogens with zero attached hydrogens (tertiary/aromatic N) is 1. The Hall–Kier alpha value is -5.97. The predicted octanol–water partition coefficient (Wildman–Crippen LogP) is 7.58. The monoisotopic (exact) mass is 709 g/mol. The average molecular weight is 710 g/mol. The minimum atomic E-state index is -0.703. The topological polar surface area (TPSA) is 129 Å². The quantitative estimate of drug-likeness (QED) is 0.108. The molecule has 1 N–H and O–H groups in total. The van der Waals surface area contributed by atoms with Crippen LogP contribution in [0.15, 0.2) is 127 Å². The Kier molecular flexibility index (Phi) is 12.7. The van der Waals surface area contributed by atoms with E-state index in [0.29, 0.717) is 16.8 Å². The van der Waals surface area contributed by atoms with Crippen LogP contribution >= 0.6 is 12.4 Å². The summed E-state index contributed by atoms with van der Waals surface area (Å²) in [5, 5.41) is 9.80. The molecule has 10 nitrogen and oxygen atoms in total. The third-order valence-corrected chi connectivity index (χ3v) is 7.35. The van der Waals surface area contributed by atoms with Crippen LogP contribution in [0.25, 0.3) is 0 Å². The first-order valence-electron chi connectivity index (χ1n) is 15.7. The molecule has 0 bridgehead atoms. The second-order valence-corrected chi connectivity index (χ2v) is 12.0. The van der Waals surface area contributed by atoms with Crippen LogP contribution in [0.3, 0.4) is 0 Å². The molecule has 5 rings (SSSR count). The van der Waals surface area contributed by atoms with Crippen LogP contribution in [0.2, 0.25) is 0 Å². The Balaban J connectivity index is 0.00000583. The summed E-state index contributed by atoms with van der Waals surface area (Å²) < 4.78 is 22.2. The summed E-state index contributed by atoms with van der Waals surface area (Å²) in [4.78, 5) is 53.1. The van der Waals surface area contributed by atoms with Crippen molar-refractivity contribution in [3.63, 3.8) is 0 Å². The fraction of sp³-hybridized carbons (Fsp3) is 0.150. The first-order valence-corrected chi connectivity index (χ1v) is 15.7. The number of hydrogen-bond donors (Lipinski definition) is 1. The van der Waals surface area contributed by atoms with E-state index >= 15 is 0 Å². The SMILES string of the molecule is CC(C)(C)N(CCO)c1cc(OC(=O)c2ccc(OC(=O)c3ccccc3)cc2)cc(OC(=O)c2ccc(OC(=O)c3ccccc3)cc2)c1.Cl. The molecule has 0 amide bonds. The maximum absolute atomic E-state index is 13.2. The highest BCUT2D eigenvalue weighted by Crippen LogP contribution is 2.33. The number of rotatable bonds is 11. The molecular weight excluding hydrogens is 674 g/mol.